The van der Waals surface area contributed by atoms with Crippen molar-refractivity contribution in [3.05, 3.63) is 47.1 Å². The minimum absolute atomic E-state index is 0.390. The molecule has 0 aliphatic heterocycles. The predicted octanol–water partition coefficient (Wildman–Crippen LogP) is 3.30. The number of nitrogens with one attached hydrogen (secondary N) is 1. The SMILES string of the molecule is CC(O)CNc1cc(-c2ccccc2Br)ccn1. The Bertz CT molecular complexity index is 529. The third kappa shape index (κ3) is 3.31. The fourth-order valence-corrected chi connectivity index (χ4v) is 2.16. The average molecular weight is 307 g/mol. The van der Waals surface area contributed by atoms with Gasteiger partial charge < -0.3 is 10.4 Å². The van der Waals surface area contributed by atoms with Gasteiger partial charge in [-0.25, -0.2) is 4.98 Å². The number of hydrogen-bond acceptors (Lipinski definition) is 3. The average Bonchev–Trinajstić information content (AvgIpc) is 2.37. The van der Waals surface area contributed by atoms with Gasteiger partial charge in [0, 0.05) is 17.2 Å². The zero-order valence-electron chi connectivity index (χ0n) is 10.1. The maximum Gasteiger partial charge on any atom is 0.126 e. The van der Waals surface area contributed by atoms with Crippen LogP contribution in [0.2, 0.25) is 0 Å². The lowest BCUT2D eigenvalue weighted by atomic mass is 10.1. The molecule has 18 heavy (non-hydrogen) atoms. The maximum absolute atomic E-state index is 9.25. The van der Waals surface area contributed by atoms with Crippen molar-refractivity contribution in [2.24, 2.45) is 0 Å². The van der Waals surface area contributed by atoms with Crippen LogP contribution in [0.3, 0.4) is 0 Å². The molecule has 0 amide bonds. The summed E-state index contributed by atoms with van der Waals surface area (Å²) in [6.07, 6.45) is 1.37. The predicted molar refractivity (Wildman–Crippen MR) is 77.5 cm³/mol. The fourth-order valence-electron chi connectivity index (χ4n) is 1.64. The van der Waals surface area contributed by atoms with Crippen LogP contribution in [0, 0.1) is 0 Å². The van der Waals surface area contributed by atoms with Crippen molar-refractivity contribution in [1.82, 2.24) is 4.98 Å². The van der Waals surface area contributed by atoms with Crippen LogP contribution in [0.15, 0.2) is 47.1 Å². The highest BCUT2D eigenvalue weighted by atomic mass is 79.9. The first kappa shape index (κ1) is 13.1. The van der Waals surface area contributed by atoms with E-state index in [1.807, 2.05) is 30.3 Å². The zero-order valence-corrected chi connectivity index (χ0v) is 11.7. The topological polar surface area (TPSA) is 45.1 Å². The Morgan fingerprint density at radius 3 is 2.83 bits per heavy atom. The van der Waals surface area contributed by atoms with Crippen molar-refractivity contribution in [3.8, 4) is 11.1 Å². The molecule has 0 radical (unpaired) electrons. The molecule has 1 unspecified atom stereocenters. The lowest BCUT2D eigenvalue weighted by molar-refractivity contribution is 0.208. The van der Waals surface area contributed by atoms with Gasteiger partial charge in [-0.05, 0) is 36.2 Å². The normalized spacial score (nSPS) is 12.2. The molecule has 2 N–H and O–H groups in total. The van der Waals surface area contributed by atoms with Gasteiger partial charge in [-0.3, -0.25) is 0 Å². The first-order chi connectivity index (χ1) is 8.66. The van der Waals surface area contributed by atoms with Gasteiger partial charge in [-0.2, -0.15) is 0 Å². The molecule has 0 aliphatic carbocycles. The molecule has 0 saturated heterocycles. The van der Waals surface area contributed by atoms with Crippen LogP contribution in [0.4, 0.5) is 5.82 Å². The third-order valence-corrected chi connectivity index (χ3v) is 3.21. The number of aliphatic hydroxyl groups excluding tert-OH is 1. The van der Waals surface area contributed by atoms with Crippen LogP contribution < -0.4 is 5.32 Å². The van der Waals surface area contributed by atoms with Crippen LogP contribution >= 0.6 is 15.9 Å². The van der Waals surface area contributed by atoms with E-state index >= 15 is 0 Å². The van der Waals surface area contributed by atoms with Crippen molar-refractivity contribution < 1.29 is 5.11 Å². The van der Waals surface area contributed by atoms with Gasteiger partial charge in [0.05, 0.1) is 6.10 Å². The molecule has 1 aromatic carbocycles. The Morgan fingerprint density at radius 2 is 2.11 bits per heavy atom. The van der Waals surface area contributed by atoms with Crippen LogP contribution in [-0.4, -0.2) is 22.7 Å². The van der Waals surface area contributed by atoms with Crippen molar-refractivity contribution >= 4 is 21.7 Å². The van der Waals surface area contributed by atoms with E-state index in [-0.39, 0.29) is 6.10 Å². The van der Waals surface area contributed by atoms with Gasteiger partial charge in [0.2, 0.25) is 0 Å². The van der Waals surface area contributed by atoms with Gasteiger partial charge in [0.15, 0.2) is 0 Å². The summed E-state index contributed by atoms with van der Waals surface area (Å²) in [4.78, 5) is 4.23. The monoisotopic (exact) mass is 306 g/mol. The summed E-state index contributed by atoms with van der Waals surface area (Å²) in [7, 11) is 0. The quantitative estimate of drug-likeness (QED) is 0.911. The molecule has 0 spiro atoms. The van der Waals surface area contributed by atoms with Crippen molar-refractivity contribution in [1.29, 1.82) is 0 Å². The van der Waals surface area contributed by atoms with E-state index in [4.69, 9.17) is 0 Å². The molecular formula is C14H15BrN2O. The summed E-state index contributed by atoms with van der Waals surface area (Å²) < 4.78 is 1.05. The second-order valence-corrected chi connectivity index (χ2v) is 4.99. The van der Waals surface area contributed by atoms with E-state index in [9.17, 15) is 5.11 Å². The zero-order chi connectivity index (χ0) is 13.0. The van der Waals surface area contributed by atoms with Gasteiger partial charge in [0.25, 0.3) is 0 Å². The Morgan fingerprint density at radius 1 is 1.33 bits per heavy atom. The van der Waals surface area contributed by atoms with Crippen LogP contribution in [0.1, 0.15) is 6.92 Å². The summed E-state index contributed by atoms with van der Waals surface area (Å²) in [5.41, 5.74) is 2.21. The standard InChI is InChI=1S/C14H15BrN2O/c1-10(18)9-17-14-8-11(6-7-16-14)12-4-2-3-5-13(12)15/h2-8,10,18H,9H2,1H3,(H,16,17). The van der Waals surface area contributed by atoms with E-state index in [0.29, 0.717) is 6.54 Å². The lowest BCUT2D eigenvalue weighted by Gasteiger charge is -2.09. The number of benzene rings is 1. The molecule has 1 heterocycles. The maximum atomic E-state index is 9.25. The highest BCUT2D eigenvalue weighted by molar-refractivity contribution is 9.10. The Hall–Kier alpha value is -1.39. The van der Waals surface area contributed by atoms with Gasteiger partial charge in [0.1, 0.15) is 5.82 Å². The lowest BCUT2D eigenvalue weighted by Crippen LogP contribution is -2.15. The summed E-state index contributed by atoms with van der Waals surface area (Å²) >= 11 is 3.54. The minimum Gasteiger partial charge on any atom is -0.392 e. The number of anilines is 1. The smallest absolute Gasteiger partial charge is 0.126 e. The number of hydrogen-bond donors (Lipinski definition) is 2. The summed E-state index contributed by atoms with van der Waals surface area (Å²) in [6.45, 7) is 2.23. The molecule has 0 saturated carbocycles. The highest BCUT2D eigenvalue weighted by Crippen LogP contribution is 2.28. The number of aliphatic hydroxyl groups is 1. The first-order valence-electron chi connectivity index (χ1n) is 5.79. The number of pyridine rings is 1. The van der Waals surface area contributed by atoms with E-state index in [0.717, 1.165) is 21.4 Å². The number of nitrogens with zero attached hydrogens (tertiary/aromatic N) is 1. The van der Waals surface area contributed by atoms with Crippen LogP contribution in [-0.2, 0) is 0 Å². The summed E-state index contributed by atoms with van der Waals surface area (Å²) in [5.74, 6) is 0.768. The van der Waals surface area contributed by atoms with Crippen molar-refractivity contribution in [3.63, 3.8) is 0 Å². The molecule has 1 aromatic heterocycles. The molecule has 0 bridgehead atoms. The van der Waals surface area contributed by atoms with Crippen molar-refractivity contribution in [2.75, 3.05) is 11.9 Å². The Kier molecular flexibility index (Phi) is 4.33. The van der Waals surface area contributed by atoms with Gasteiger partial charge in [-0.15, -0.1) is 0 Å². The molecule has 2 rings (SSSR count). The number of aromatic nitrogens is 1. The van der Waals surface area contributed by atoms with E-state index in [2.05, 4.69) is 32.3 Å². The van der Waals surface area contributed by atoms with Crippen LogP contribution in [0.25, 0.3) is 11.1 Å². The van der Waals surface area contributed by atoms with E-state index < -0.39 is 0 Å². The van der Waals surface area contributed by atoms with Crippen LogP contribution in [0.5, 0.6) is 0 Å². The van der Waals surface area contributed by atoms with E-state index in [1.165, 1.54) is 0 Å². The van der Waals surface area contributed by atoms with Gasteiger partial charge >= 0.3 is 0 Å². The molecule has 1 atom stereocenters. The molecular weight excluding hydrogens is 292 g/mol. The summed E-state index contributed by atoms with van der Waals surface area (Å²) in [6, 6.07) is 12.0. The molecule has 3 nitrogen and oxygen atoms in total. The largest absolute Gasteiger partial charge is 0.392 e. The second kappa shape index (κ2) is 5.98. The number of halogens is 1. The minimum atomic E-state index is -0.390. The molecule has 4 heteroatoms. The molecule has 94 valence electrons. The third-order valence-electron chi connectivity index (χ3n) is 2.52. The first-order valence-corrected chi connectivity index (χ1v) is 6.59. The summed E-state index contributed by atoms with van der Waals surface area (Å²) in [5, 5.41) is 12.3. The van der Waals surface area contributed by atoms with Gasteiger partial charge in [-0.1, -0.05) is 34.1 Å². The molecule has 0 fully saturated rings. The number of rotatable bonds is 4. The van der Waals surface area contributed by atoms with Crippen molar-refractivity contribution in [2.45, 2.75) is 13.0 Å². The second-order valence-electron chi connectivity index (χ2n) is 4.14. The highest BCUT2D eigenvalue weighted by Gasteiger charge is 2.04. The fraction of sp³-hybridized carbons (Fsp3) is 0.214. The molecule has 2 aromatic rings. The Labute approximate surface area is 115 Å². The van der Waals surface area contributed by atoms with E-state index in [1.54, 1.807) is 13.1 Å². The molecule has 0 aliphatic rings. The Balaban J connectivity index is 2.25.